The Hall–Kier alpha value is -3.36. The Morgan fingerprint density at radius 1 is 1.14 bits per heavy atom. The second-order valence-electron chi connectivity index (χ2n) is 8.46. The van der Waals surface area contributed by atoms with Crippen molar-refractivity contribution in [1.29, 1.82) is 0 Å². The highest BCUT2D eigenvalue weighted by molar-refractivity contribution is 6.36. The van der Waals surface area contributed by atoms with Crippen LogP contribution < -0.4 is 10.7 Å². The van der Waals surface area contributed by atoms with Crippen LogP contribution in [0.15, 0.2) is 47.6 Å². The van der Waals surface area contributed by atoms with Crippen molar-refractivity contribution < 1.29 is 19.1 Å². The maximum Gasteiger partial charge on any atom is 0.325 e. The molecule has 0 saturated carbocycles. The summed E-state index contributed by atoms with van der Waals surface area (Å²) in [6.45, 7) is 7.62. The van der Waals surface area contributed by atoms with Crippen LogP contribution in [0.2, 0.25) is 10.0 Å². The van der Waals surface area contributed by atoms with Crippen molar-refractivity contribution in [2.24, 2.45) is 11.0 Å². The van der Waals surface area contributed by atoms with Crippen molar-refractivity contribution in [2.75, 3.05) is 6.61 Å². The lowest BCUT2D eigenvalue weighted by Gasteiger charge is -2.20. The third-order valence-corrected chi connectivity index (χ3v) is 6.20. The first-order chi connectivity index (χ1) is 17.1. The molecule has 0 aliphatic rings. The number of hydrogen-bond donors (Lipinski definition) is 2. The minimum Gasteiger partial charge on any atom is -0.465 e. The molecule has 10 heteroatoms. The van der Waals surface area contributed by atoms with Gasteiger partial charge in [-0.25, -0.2) is 5.43 Å². The van der Waals surface area contributed by atoms with Crippen LogP contribution in [-0.4, -0.2) is 41.2 Å². The Morgan fingerprint density at radius 3 is 2.53 bits per heavy atom. The number of hydrogen-bond acceptors (Lipinski definition) is 5. The molecule has 1 unspecified atom stereocenters. The zero-order chi connectivity index (χ0) is 26.4. The van der Waals surface area contributed by atoms with E-state index in [1.54, 1.807) is 13.0 Å². The number of fused-ring (bicyclic) bond motifs is 1. The van der Waals surface area contributed by atoms with E-state index in [9.17, 15) is 14.4 Å². The largest absolute Gasteiger partial charge is 0.465 e. The quantitative estimate of drug-likeness (QED) is 0.237. The van der Waals surface area contributed by atoms with Gasteiger partial charge in [0.2, 0.25) is 0 Å². The summed E-state index contributed by atoms with van der Waals surface area (Å²) in [6.07, 6.45) is 1.53. The first-order valence-corrected chi connectivity index (χ1v) is 12.2. The van der Waals surface area contributed by atoms with Gasteiger partial charge in [-0.15, -0.1) is 0 Å². The lowest BCUT2D eigenvalue weighted by atomic mass is 10.0. The fourth-order valence-electron chi connectivity index (χ4n) is 3.82. The maximum atomic E-state index is 12.9. The molecule has 1 atom stereocenters. The van der Waals surface area contributed by atoms with Gasteiger partial charge < -0.3 is 14.6 Å². The molecule has 0 bridgehead atoms. The number of aromatic nitrogens is 1. The number of nitrogens with zero attached hydrogens (tertiary/aromatic N) is 2. The number of carbonyl (C=O) groups is 3. The standard InChI is InChI=1S/C26H28Cl2N4O4/c1-5-36-23(33)14-32-16(4)20(18-8-6-7-9-22(18)32)13-29-31-26(35)24(15(2)3)30-25(34)19-11-10-17(27)12-21(19)28/h6-13,15,24H,5,14H2,1-4H3,(H,30,34)(H,31,35)/b29-13-. The van der Waals surface area contributed by atoms with Gasteiger partial charge in [-0.1, -0.05) is 55.2 Å². The molecule has 0 aliphatic carbocycles. The van der Waals surface area contributed by atoms with E-state index in [0.717, 1.165) is 22.2 Å². The monoisotopic (exact) mass is 530 g/mol. The molecule has 0 aliphatic heterocycles. The summed E-state index contributed by atoms with van der Waals surface area (Å²) in [5.41, 5.74) is 5.14. The topological polar surface area (TPSA) is 102 Å². The number of halogens is 2. The molecule has 2 N–H and O–H groups in total. The zero-order valence-electron chi connectivity index (χ0n) is 20.5. The van der Waals surface area contributed by atoms with Crippen molar-refractivity contribution in [3.05, 3.63) is 69.3 Å². The molecule has 2 aromatic carbocycles. The minimum atomic E-state index is -0.854. The minimum absolute atomic E-state index is 0.0646. The lowest BCUT2D eigenvalue weighted by Crippen LogP contribution is -2.48. The van der Waals surface area contributed by atoms with Crippen molar-refractivity contribution >= 4 is 58.1 Å². The molecule has 190 valence electrons. The van der Waals surface area contributed by atoms with Gasteiger partial charge >= 0.3 is 5.97 Å². The van der Waals surface area contributed by atoms with E-state index in [2.05, 4.69) is 15.8 Å². The Morgan fingerprint density at radius 2 is 1.86 bits per heavy atom. The average Bonchev–Trinajstić information content (AvgIpc) is 3.08. The van der Waals surface area contributed by atoms with E-state index >= 15 is 0 Å². The Balaban J connectivity index is 1.78. The summed E-state index contributed by atoms with van der Waals surface area (Å²) in [5, 5.41) is 8.33. The fraction of sp³-hybridized carbons (Fsp3) is 0.308. The first kappa shape index (κ1) is 27.2. The van der Waals surface area contributed by atoms with Crippen LogP contribution in [0, 0.1) is 12.8 Å². The number of benzene rings is 2. The van der Waals surface area contributed by atoms with Crippen LogP contribution in [0.4, 0.5) is 0 Å². The van der Waals surface area contributed by atoms with Crippen LogP contribution in [-0.2, 0) is 20.9 Å². The number of ether oxygens (including phenoxy) is 1. The molecule has 0 spiro atoms. The smallest absolute Gasteiger partial charge is 0.325 e. The maximum absolute atomic E-state index is 12.9. The summed E-state index contributed by atoms with van der Waals surface area (Å²) in [5.74, 6) is -1.53. The molecule has 0 saturated heterocycles. The molecule has 3 rings (SSSR count). The number of esters is 1. The van der Waals surface area contributed by atoms with Crippen LogP contribution >= 0.6 is 23.2 Å². The third kappa shape index (κ3) is 6.25. The van der Waals surface area contributed by atoms with Crippen molar-refractivity contribution in [1.82, 2.24) is 15.3 Å². The summed E-state index contributed by atoms with van der Waals surface area (Å²) in [4.78, 5) is 37.7. The zero-order valence-corrected chi connectivity index (χ0v) is 22.0. The van der Waals surface area contributed by atoms with Crippen LogP contribution in [0.25, 0.3) is 10.9 Å². The second kappa shape index (κ2) is 12.1. The Kier molecular flexibility index (Phi) is 9.12. The van der Waals surface area contributed by atoms with Crippen LogP contribution in [0.5, 0.6) is 0 Å². The van der Waals surface area contributed by atoms with E-state index in [1.807, 2.05) is 49.6 Å². The highest BCUT2D eigenvalue weighted by atomic mass is 35.5. The highest BCUT2D eigenvalue weighted by Crippen LogP contribution is 2.25. The fourth-order valence-corrected chi connectivity index (χ4v) is 4.31. The Bertz CT molecular complexity index is 1320. The number of amides is 2. The predicted octanol–water partition coefficient (Wildman–Crippen LogP) is 4.72. The summed E-state index contributed by atoms with van der Waals surface area (Å²) in [7, 11) is 0. The SMILES string of the molecule is CCOC(=O)Cn1c(C)c(/C=N\NC(=O)C(NC(=O)c2ccc(Cl)cc2Cl)C(C)C)c2ccccc21. The molecule has 2 amide bonds. The van der Waals surface area contributed by atoms with Gasteiger partial charge in [-0.2, -0.15) is 5.10 Å². The number of para-hydroxylation sites is 1. The van der Waals surface area contributed by atoms with E-state index in [1.165, 1.54) is 18.3 Å². The summed E-state index contributed by atoms with van der Waals surface area (Å²) in [6, 6.07) is 11.3. The van der Waals surface area contributed by atoms with Gasteiger partial charge in [-0.3, -0.25) is 14.4 Å². The van der Waals surface area contributed by atoms with Gasteiger partial charge in [0.15, 0.2) is 0 Å². The Labute approximate surface area is 219 Å². The van der Waals surface area contributed by atoms with Gasteiger partial charge in [0.25, 0.3) is 11.8 Å². The molecule has 8 nitrogen and oxygen atoms in total. The molecule has 1 aromatic heterocycles. The molecular formula is C26H28Cl2N4O4. The highest BCUT2D eigenvalue weighted by Gasteiger charge is 2.25. The van der Waals surface area contributed by atoms with Crippen LogP contribution in [0.3, 0.4) is 0 Å². The van der Waals surface area contributed by atoms with E-state index in [0.29, 0.717) is 11.6 Å². The van der Waals surface area contributed by atoms with Gasteiger partial charge in [0.1, 0.15) is 12.6 Å². The molecule has 0 fully saturated rings. The molecule has 36 heavy (non-hydrogen) atoms. The second-order valence-corrected chi connectivity index (χ2v) is 9.30. The van der Waals surface area contributed by atoms with E-state index < -0.39 is 17.9 Å². The van der Waals surface area contributed by atoms with Crippen molar-refractivity contribution in [3.63, 3.8) is 0 Å². The van der Waals surface area contributed by atoms with Crippen molar-refractivity contribution in [2.45, 2.75) is 40.3 Å². The summed E-state index contributed by atoms with van der Waals surface area (Å²) >= 11 is 12.0. The average molecular weight is 531 g/mol. The van der Waals surface area contributed by atoms with Crippen LogP contribution in [0.1, 0.15) is 42.4 Å². The number of carbonyl (C=O) groups excluding carboxylic acids is 3. The normalized spacial score (nSPS) is 12.2. The molecule has 0 radical (unpaired) electrons. The number of nitrogens with one attached hydrogen (secondary N) is 2. The third-order valence-electron chi connectivity index (χ3n) is 5.65. The van der Waals surface area contributed by atoms with E-state index in [-0.39, 0.29) is 29.0 Å². The van der Waals surface area contributed by atoms with Gasteiger partial charge in [0, 0.05) is 27.2 Å². The molecular weight excluding hydrogens is 503 g/mol. The summed E-state index contributed by atoms with van der Waals surface area (Å²) < 4.78 is 6.95. The predicted molar refractivity (Wildman–Crippen MR) is 142 cm³/mol. The van der Waals surface area contributed by atoms with Crippen molar-refractivity contribution in [3.8, 4) is 0 Å². The molecule has 3 aromatic rings. The molecule has 1 heterocycles. The lowest BCUT2D eigenvalue weighted by molar-refractivity contribution is -0.143. The van der Waals surface area contributed by atoms with Gasteiger partial charge in [0.05, 0.1) is 23.4 Å². The first-order valence-electron chi connectivity index (χ1n) is 11.5. The number of hydrazone groups is 1. The number of rotatable bonds is 9. The van der Waals surface area contributed by atoms with E-state index in [4.69, 9.17) is 27.9 Å². The van der Waals surface area contributed by atoms with Gasteiger partial charge in [-0.05, 0) is 44.0 Å².